The van der Waals surface area contributed by atoms with Crippen LogP contribution in [0.15, 0.2) is 106 Å². The number of nitrogens with zero attached hydrogens (tertiary/aromatic N) is 4. The number of nitriles is 2. The van der Waals surface area contributed by atoms with E-state index in [-0.39, 0.29) is 46.7 Å². The Hall–Kier alpha value is -7.45. The van der Waals surface area contributed by atoms with Crippen molar-refractivity contribution in [2.45, 2.75) is 109 Å². The highest BCUT2D eigenvalue weighted by atomic mass is 32.1. The topological polar surface area (TPSA) is 197 Å². The third kappa shape index (κ3) is 8.04. The highest BCUT2D eigenvalue weighted by Crippen LogP contribution is 2.66. The van der Waals surface area contributed by atoms with Gasteiger partial charge in [0.25, 0.3) is 17.7 Å². The Morgan fingerprint density at radius 1 is 0.645 bits per heavy atom. The molecule has 1 atom stereocenters. The number of benzene rings is 2. The van der Waals surface area contributed by atoms with Gasteiger partial charge in [-0.25, -0.2) is 14.5 Å². The molecule has 14 nitrogen and oxygen atoms in total. The van der Waals surface area contributed by atoms with Gasteiger partial charge in [0.1, 0.15) is 36.1 Å². The van der Waals surface area contributed by atoms with Gasteiger partial charge in [-0.2, -0.15) is 15.4 Å². The van der Waals surface area contributed by atoms with Crippen molar-refractivity contribution in [2.24, 2.45) is 0 Å². The molecule has 6 aromatic rings. The molecule has 2 aliphatic carbocycles. The van der Waals surface area contributed by atoms with E-state index >= 15 is 0 Å². The molecule has 382 valence electrons. The number of ether oxygens (including phenoxy) is 4. The highest BCUT2D eigenvalue weighted by molar-refractivity contribution is 7.35. The first kappa shape index (κ1) is 49.4. The Labute approximate surface area is 452 Å². The summed E-state index contributed by atoms with van der Waals surface area (Å²) in [5, 5.41) is 31.6. The summed E-state index contributed by atoms with van der Waals surface area (Å²) in [6.45, 7) is 2.84. The van der Waals surface area contributed by atoms with Gasteiger partial charge in [0.05, 0.1) is 40.6 Å². The van der Waals surface area contributed by atoms with Crippen molar-refractivity contribution in [3.8, 4) is 43.1 Å². The average Bonchev–Trinajstić information content (AvgIpc) is 4.42. The normalized spacial score (nSPS) is 20.5. The monoisotopic (exact) mass is 1090 g/mol. The quantitative estimate of drug-likeness (QED) is 0.123. The second-order valence-electron chi connectivity index (χ2n) is 19.7. The number of fused-ring (bicyclic) bond motifs is 11. The lowest BCUT2D eigenvalue weighted by Crippen LogP contribution is -2.49. The zero-order chi connectivity index (χ0) is 52.6. The minimum atomic E-state index is -1.81. The van der Waals surface area contributed by atoms with Gasteiger partial charge in [-0.15, -0.1) is 45.3 Å². The molecule has 2 aromatic carbocycles. The van der Waals surface area contributed by atoms with E-state index in [2.05, 4.69) is 6.07 Å². The van der Waals surface area contributed by atoms with E-state index < -0.39 is 47.3 Å². The molecule has 1 unspecified atom stereocenters. The third-order valence-electron chi connectivity index (χ3n) is 15.2. The number of imide groups is 4. The maximum atomic E-state index is 14.3. The summed E-state index contributed by atoms with van der Waals surface area (Å²) in [5.74, 6) is -1.11. The van der Waals surface area contributed by atoms with E-state index in [1.807, 2.05) is 30.3 Å². The summed E-state index contributed by atoms with van der Waals surface area (Å²) < 4.78 is 27.6. The van der Waals surface area contributed by atoms with E-state index in [1.165, 1.54) is 22.7 Å². The van der Waals surface area contributed by atoms with E-state index in [0.29, 0.717) is 25.8 Å². The largest absolute Gasteiger partial charge is 0.479 e. The van der Waals surface area contributed by atoms with Crippen LogP contribution in [0, 0.1) is 22.7 Å². The number of aliphatic hydroxyl groups excluding tert-OH is 1. The van der Waals surface area contributed by atoms with Crippen molar-refractivity contribution >= 4 is 96.8 Å². The predicted octanol–water partition coefficient (Wildman–Crippen LogP) is 13.2. The number of carbonyl (C=O) groups excluding carboxylic acids is 5. The van der Waals surface area contributed by atoms with Crippen molar-refractivity contribution in [1.29, 1.82) is 10.5 Å². The molecule has 0 saturated heterocycles. The number of carbonyl (C=O) groups is 5. The third-order valence-corrected chi connectivity index (χ3v) is 20.2. The van der Waals surface area contributed by atoms with Gasteiger partial charge in [0, 0.05) is 32.0 Å². The molecule has 0 radical (unpaired) electrons. The number of amides is 5. The van der Waals surface area contributed by atoms with E-state index in [4.69, 9.17) is 18.9 Å². The van der Waals surface area contributed by atoms with Crippen molar-refractivity contribution in [3.63, 3.8) is 0 Å². The fraction of sp³-hybridized carbons (Fsp3) is 0.293. The Balaban J connectivity index is 0.925. The lowest BCUT2D eigenvalue weighted by Gasteiger charge is -2.41. The number of rotatable bonds is 6. The van der Waals surface area contributed by atoms with Gasteiger partial charge >= 0.3 is 12.2 Å². The van der Waals surface area contributed by atoms with Crippen LogP contribution in [0.5, 0.6) is 11.5 Å². The van der Waals surface area contributed by atoms with Crippen LogP contribution in [0.1, 0.15) is 110 Å². The molecular weight excluding hydrogens is 1040 g/mol. The molecule has 2 fully saturated rings. The van der Waals surface area contributed by atoms with Crippen LogP contribution in [-0.4, -0.2) is 51.0 Å². The fourth-order valence-corrected chi connectivity index (χ4v) is 16.6. The minimum Gasteiger partial charge on any atom is -0.479 e. The van der Waals surface area contributed by atoms with Crippen LogP contribution >= 0.6 is 45.3 Å². The fourth-order valence-electron chi connectivity index (χ4n) is 11.3. The van der Waals surface area contributed by atoms with Crippen LogP contribution in [0.4, 0.5) is 9.59 Å². The standard InChI is InChI=1S/C58H46N4O10S4/c1-31-37(51(63)61(53(65)39(31)27-59)55(67)69-29-33-15-7-3-8-16-33)23-35-25-41-45(73-35)47-43(71-57(41)19-11-5-12-20-57)49-50(75-47)44-48(76-49)46-42(58(72-44)21-13-6-14-22-58)26-36(74-46)24-38-32(2)40(28-60)54(66)62(52(38)64)56(68)70-30-34-17-9-4-10-18-34/h3-4,7-10,15-18,23-26,53,65H,5-6,11-14,19-22,29-30H2,1-2H3/b37-23-,38-24-. The number of hydrogen-bond donors (Lipinski definition) is 1. The number of aliphatic hydroxyl groups is 1. The summed E-state index contributed by atoms with van der Waals surface area (Å²) >= 11 is 6.23. The Morgan fingerprint density at radius 3 is 1.59 bits per heavy atom. The molecule has 76 heavy (non-hydrogen) atoms. The van der Waals surface area contributed by atoms with Crippen molar-refractivity contribution in [3.05, 3.63) is 138 Å². The summed E-state index contributed by atoms with van der Waals surface area (Å²) in [4.78, 5) is 75.3. The molecule has 1 N–H and O–H groups in total. The first-order valence-corrected chi connectivity index (χ1v) is 28.3. The Bertz CT molecular complexity index is 3700. The van der Waals surface area contributed by atoms with Gasteiger partial charge < -0.3 is 24.1 Å². The summed E-state index contributed by atoms with van der Waals surface area (Å²) in [5.41, 5.74) is 2.22. The molecule has 4 aliphatic heterocycles. The molecule has 18 heteroatoms. The summed E-state index contributed by atoms with van der Waals surface area (Å²) in [6, 6.07) is 25.9. The van der Waals surface area contributed by atoms with Crippen molar-refractivity contribution in [2.75, 3.05) is 0 Å². The van der Waals surface area contributed by atoms with E-state index in [0.717, 1.165) is 121 Å². The van der Waals surface area contributed by atoms with Crippen LogP contribution < -0.4 is 9.47 Å². The van der Waals surface area contributed by atoms with Crippen LogP contribution in [0.2, 0.25) is 0 Å². The van der Waals surface area contributed by atoms with Crippen LogP contribution in [0.3, 0.4) is 0 Å². The van der Waals surface area contributed by atoms with E-state index in [9.17, 15) is 39.6 Å². The molecule has 6 aliphatic rings. The van der Waals surface area contributed by atoms with Crippen molar-refractivity contribution < 1.29 is 48.0 Å². The van der Waals surface area contributed by atoms with Gasteiger partial charge in [-0.05, 0) is 112 Å². The number of hydrogen-bond acceptors (Lipinski definition) is 16. The van der Waals surface area contributed by atoms with Gasteiger partial charge in [0.2, 0.25) is 0 Å². The van der Waals surface area contributed by atoms with Gasteiger partial charge in [-0.3, -0.25) is 14.4 Å². The Morgan fingerprint density at radius 2 is 1.12 bits per heavy atom. The lowest BCUT2D eigenvalue weighted by atomic mass is 9.78. The number of thiophene rings is 4. The molecule has 8 heterocycles. The molecule has 0 bridgehead atoms. The van der Waals surface area contributed by atoms with E-state index in [1.54, 1.807) is 97.2 Å². The smallest absolute Gasteiger partial charge is 0.424 e. The first-order chi connectivity index (χ1) is 36.8. The first-order valence-electron chi connectivity index (χ1n) is 25.1. The maximum absolute atomic E-state index is 14.3. The van der Waals surface area contributed by atoms with Crippen LogP contribution in [0.25, 0.3) is 41.1 Å². The lowest BCUT2D eigenvalue weighted by molar-refractivity contribution is -0.138. The van der Waals surface area contributed by atoms with Gasteiger partial charge in [0.15, 0.2) is 17.7 Å². The zero-order valence-corrected chi connectivity index (χ0v) is 44.5. The highest BCUT2D eigenvalue weighted by Gasteiger charge is 2.50. The SMILES string of the molecule is CC1=C(C#N)C(=O)N(C(=O)OCc2ccccc2)C(=O)/C1=C\c1cc2c(s1)-c1sc3c4c(sc3c1OC21CCCCC1)-c1sc(/C=C2\C(=O)N(C(=O)OCc3ccccc3)C(O)C(C#N)=C2C)cc1C1(CCCCC1)O4. The van der Waals surface area contributed by atoms with Crippen LogP contribution in [-0.2, 0) is 48.3 Å². The second-order valence-corrected chi connectivity index (χ2v) is 23.9. The second kappa shape index (κ2) is 19.3. The predicted molar refractivity (Wildman–Crippen MR) is 288 cm³/mol. The minimum absolute atomic E-state index is 0.0419. The maximum Gasteiger partial charge on any atom is 0.424 e. The zero-order valence-electron chi connectivity index (χ0n) is 41.2. The molecule has 5 amide bonds. The molecule has 2 saturated carbocycles. The molecule has 12 rings (SSSR count). The molecule has 2 spiro atoms. The Kier molecular flexibility index (Phi) is 12.5. The molecular formula is C58H46N4O10S4. The molecule has 4 aromatic heterocycles. The summed E-state index contributed by atoms with van der Waals surface area (Å²) in [7, 11) is 0. The average molecular weight is 1090 g/mol. The van der Waals surface area contributed by atoms with Crippen molar-refractivity contribution in [1.82, 2.24) is 9.80 Å². The summed E-state index contributed by atoms with van der Waals surface area (Å²) in [6.07, 6.45) is 8.34. The van der Waals surface area contributed by atoms with Gasteiger partial charge in [-0.1, -0.05) is 73.5 Å².